The molecule has 0 radical (unpaired) electrons. The topological polar surface area (TPSA) is 26.3 Å². The summed E-state index contributed by atoms with van der Waals surface area (Å²) in [6, 6.07) is 8.21. The lowest BCUT2D eigenvalue weighted by Crippen LogP contribution is -2.01. The van der Waals surface area contributed by atoms with E-state index in [4.69, 9.17) is 0 Å². The lowest BCUT2D eigenvalue weighted by atomic mass is 10.2. The fraction of sp³-hybridized carbons (Fsp3) is 0.308. The van der Waals surface area contributed by atoms with Gasteiger partial charge in [0.1, 0.15) is 0 Å². The van der Waals surface area contributed by atoms with Gasteiger partial charge in [-0.25, -0.2) is 4.79 Å². The van der Waals surface area contributed by atoms with Gasteiger partial charge in [-0.05, 0) is 25.5 Å². The Morgan fingerprint density at radius 3 is 2.75 bits per heavy atom. The van der Waals surface area contributed by atoms with E-state index in [1.54, 1.807) is 18.7 Å². The third-order valence-corrected chi connectivity index (χ3v) is 3.33. The van der Waals surface area contributed by atoms with Gasteiger partial charge in [0.2, 0.25) is 0 Å². The summed E-state index contributed by atoms with van der Waals surface area (Å²) in [7, 11) is 1.40. The molecule has 0 N–H and O–H groups in total. The van der Waals surface area contributed by atoms with Crippen molar-refractivity contribution >= 4 is 17.7 Å². The normalized spacial score (nSPS) is 11.3. The number of carbonyl (C=O) groups is 1. The van der Waals surface area contributed by atoms with Crippen molar-refractivity contribution in [1.82, 2.24) is 0 Å². The van der Waals surface area contributed by atoms with Gasteiger partial charge in [-0.15, -0.1) is 11.8 Å². The van der Waals surface area contributed by atoms with Crippen molar-refractivity contribution in [2.45, 2.75) is 18.7 Å². The third kappa shape index (κ3) is 3.74. The summed E-state index contributed by atoms with van der Waals surface area (Å²) in [5.74, 6) is 0.525. The first-order chi connectivity index (χ1) is 7.65. The first-order valence-corrected chi connectivity index (χ1v) is 6.07. The summed E-state index contributed by atoms with van der Waals surface area (Å²) >= 11 is 1.72. The van der Waals surface area contributed by atoms with Crippen LogP contribution in [0, 0.1) is 6.92 Å². The van der Waals surface area contributed by atoms with Crippen molar-refractivity contribution < 1.29 is 9.53 Å². The molecule has 86 valence electrons. The van der Waals surface area contributed by atoms with Crippen LogP contribution in [0.5, 0.6) is 0 Å². The highest BCUT2D eigenvalue weighted by atomic mass is 32.2. The van der Waals surface area contributed by atoms with Crippen LogP contribution >= 0.6 is 11.8 Å². The minimum absolute atomic E-state index is 0.259. The summed E-state index contributed by atoms with van der Waals surface area (Å²) in [6.45, 7) is 3.85. The number of aryl methyl sites for hydroxylation is 1. The Kier molecular flexibility index (Phi) is 5.12. The highest BCUT2D eigenvalue weighted by molar-refractivity contribution is 7.99. The van der Waals surface area contributed by atoms with Crippen LogP contribution < -0.4 is 0 Å². The molecule has 1 aromatic carbocycles. The molecule has 0 saturated heterocycles. The number of ether oxygens (including phenoxy) is 1. The standard InChI is InChI=1S/C13H16O2S/c1-10-6-4-5-7-12(10)16-9-8-11(2)13(14)15-3/h4-8H,9H2,1-3H3. The van der Waals surface area contributed by atoms with Gasteiger partial charge in [-0.3, -0.25) is 0 Å². The molecule has 1 rings (SSSR count). The molecular weight excluding hydrogens is 220 g/mol. The van der Waals surface area contributed by atoms with Gasteiger partial charge in [-0.1, -0.05) is 24.3 Å². The van der Waals surface area contributed by atoms with E-state index in [9.17, 15) is 4.79 Å². The van der Waals surface area contributed by atoms with Crippen LogP contribution in [0.3, 0.4) is 0 Å². The Balaban J connectivity index is 2.53. The van der Waals surface area contributed by atoms with Crippen LogP contribution in [0.25, 0.3) is 0 Å². The first kappa shape index (κ1) is 12.8. The van der Waals surface area contributed by atoms with Gasteiger partial charge in [0.05, 0.1) is 7.11 Å². The van der Waals surface area contributed by atoms with E-state index >= 15 is 0 Å². The SMILES string of the molecule is COC(=O)C(C)=CCSc1ccccc1C. The predicted octanol–water partition coefficient (Wildman–Crippen LogP) is 3.21. The van der Waals surface area contributed by atoms with Crippen molar-refractivity contribution in [3.63, 3.8) is 0 Å². The van der Waals surface area contributed by atoms with Crippen LogP contribution in [0.1, 0.15) is 12.5 Å². The van der Waals surface area contributed by atoms with E-state index in [1.807, 2.05) is 18.2 Å². The molecule has 0 atom stereocenters. The lowest BCUT2D eigenvalue weighted by molar-refractivity contribution is -0.136. The molecule has 0 amide bonds. The van der Waals surface area contributed by atoms with Crippen molar-refractivity contribution in [2.75, 3.05) is 12.9 Å². The maximum Gasteiger partial charge on any atom is 0.333 e. The van der Waals surface area contributed by atoms with E-state index in [0.29, 0.717) is 5.57 Å². The zero-order valence-electron chi connectivity index (χ0n) is 9.82. The molecule has 0 unspecified atom stereocenters. The second-order valence-corrected chi connectivity index (χ2v) is 4.52. The highest BCUT2D eigenvalue weighted by Gasteiger charge is 2.02. The molecular formula is C13H16O2S. The van der Waals surface area contributed by atoms with Crippen LogP contribution in [-0.2, 0) is 9.53 Å². The maximum absolute atomic E-state index is 11.1. The zero-order valence-corrected chi connectivity index (χ0v) is 10.6. The van der Waals surface area contributed by atoms with Crippen molar-refractivity contribution in [3.05, 3.63) is 41.5 Å². The van der Waals surface area contributed by atoms with Gasteiger partial charge < -0.3 is 4.74 Å². The molecule has 0 aliphatic heterocycles. The number of benzene rings is 1. The largest absolute Gasteiger partial charge is 0.466 e. The van der Waals surface area contributed by atoms with Crippen LogP contribution in [-0.4, -0.2) is 18.8 Å². The average molecular weight is 236 g/mol. The number of hydrogen-bond acceptors (Lipinski definition) is 3. The highest BCUT2D eigenvalue weighted by Crippen LogP contribution is 2.22. The molecule has 3 heteroatoms. The van der Waals surface area contributed by atoms with Crippen molar-refractivity contribution in [1.29, 1.82) is 0 Å². The van der Waals surface area contributed by atoms with Crippen LogP contribution in [0.2, 0.25) is 0 Å². The third-order valence-electron chi connectivity index (χ3n) is 2.23. The van der Waals surface area contributed by atoms with Gasteiger partial charge in [0.15, 0.2) is 0 Å². The molecule has 0 aliphatic carbocycles. The molecule has 0 fully saturated rings. The summed E-state index contributed by atoms with van der Waals surface area (Å²) in [4.78, 5) is 12.4. The molecule has 0 aromatic heterocycles. The second kappa shape index (κ2) is 6.38. The van der Waals surface area contributed by atoms with Crippen LogP contribution in [0.4, 0.5) is 0 Å². The molecule has 0 spiro atoms. The molecule has 0 aliphatic rings. The van der Waals surface area contributed by atoms with Crippen molar-refractivity contribution in [2.24, 2.45) is 0 Å². The van der Waals surface area contributed by atoms with E-state index in [-0.39, 0.29) is 5.97 Å². The van der Waals surface area contributed by atoms with E-state index < -0.39 is 0 Å². The number of esters is 1. The van der Waals surface area contributed by atoms with E-state index in [1.165, 1.54) is 17.6 Å². The van der Waals surface area contributed by atoms with Crippen molar-refractivity contribution in [3.8, 4) is 0 Å². The summed E-state index contributed by atoms with van der Waals surface area (Å²) in [5.41, 5.74) is 1.92. The Bertz CT molecular complexity index is 397. The quantitative estimate of drug-likeness (QED) is 0.456. The molecule has 1 aromatic rings. The summed E-state index contributed by atoms with van der Waals surface area (Å²) < 4.78 is 4.62. The Morgan fingerprint density at radius 1 is 1.44 bits per heavy atom. The number of thioether (sulfide) groups is 1. The lowest BCUT2D eigenvalue weighted by Gasteiger charge is -2.03. The Morgan fingerprint density at radius 2 is 2.12 bits per heavy atom. The molecule has 0 saturated carbocycles. The predicted molar refractivity (Wildman–Crippen MR) is 67.7 cm³/mol. The van der Waals surface area contributed by atoms with Gasteiger partial charge >= 0.3 is 5.97 Å². The average Bonchev–Trinajstić information content (AvgIpc) is 2.30. The molecule has 0 heterocycles. The zero-order chi connectivity index (χ0) is 12.0. The minimum Gasteiger partial charge on any atom is -0.466 e. The Hall–Kier alpha value is -1.22. The molecule has 2 nitrogen and oxygen atoms in total. The van der Waals surface area contributed by atoms with E-state index in [0.717, 1.165) is 5.75 Å². The number of rotatable bonds is 4. The van der Waals surface area contributed by atoms with E-state index in [2.05, 4.69) is 23.8 Å². The first-order valence-electron chi connectivity index (χ1n) is 5.08. The second-order valence-electron chi connectivity index (χ2n) is 3.46. The molecule has 0 bridgehead atoms. The minimum atomic E-state index is -0.259. The Labute approximate surface area is 101 Å². The number of hydrogen-bond donors (Lipinski definition) is 0. The summed E-state index contributed by atoms with van der Waals surface area (Å²) in [6.07, 6.45) is 1.89. The van der Waals surface area contributed by atoms with Gasteiger partial charge in [-0.2, -0.15) is 0 Å². The fourth-order valence-electron chi connectivity index (χ4n) is 1.22. The summed E-state index contributed by atoms with van der Waals surface area (Å²) in [5, 5.41) is 0. The smallest absolute Gasteiger partial charge is 0.333 e. The molecule has 16 heavy (non-hydrogen) atoms. The fourth-order valence-corrected chi connectivity index (χ4v) is 2.20. The number of carbonyl (C=O) groups excluding carboxylic acids is 1. The monoisotopic (exact) mass is 236 g/mol. The number of methoxy groups -OCH3 is 1. The van der Waals surface area contributed by atoms with Crippen LogP contribution in [0.15, 0.2) is 40.8 Å². The van der Waals surface area contributed by atoms with Gasteiger partial charge in [0.25, 0.3) is 0 Å². The van der Waals surface area contributed by atoms with Gasteiger partial charge in [0, 0.05) is 16.2 Å². The maximum atomic E-state index is 11.1.